The largest absolute Gasteiger partial charge is 0.458 e. The first-order chi connectivity index (χ1) is 15.8. The summed E-state index contributed by atoms with van der Waals surface area (Å²) in [6.07, 6.45) is 4.16. The minimum absolute atomic E-state index is 0.0381. The lowest BCUT2D eigenvalue weighted by Crippen LogP contribution is -2.44. The fourth-order valence-corrected chi connectivity index (χ4v) is 4.99. The Morgan fingerprint density at radius 1 is 1.27 bits per heavy atom. The standard InChI is InChI=1S/C26H24N2O5/c1-4-16-17-12-28-21(11-19-18(24(28)30)13-33-25(31)26(19,32)5-2)23(17)27-20-8-6-7-15(22(16)20)10-9-14(3)29/h6-11,32H,4-5,12-13H2,1-3H3/t26-/m0/s1. The molecule has 0 aliphatic carbocycles. The van der Waals surface area contributed by atoms with Crippen LogP contribution in [0, 0.1) is 0 Å². The van der Waals surface area contributed by atoms with Crippen LogP contribution in [0.25, 0.3) is 28.4 Å². The molecule has 4 heterocycles. The second-order valence-corrected chi connectivity index (χ2v) is 8.56. The SMILES string of the molecule is CCc1c2c(nc3cccc(C=CC(C)=O)c13)-c1cc3c(c(=O)n1C2)COC(=O)[C@]3(O)CC. The zero-order valence-corrected chi connectivity index (χ0v) is 18.8. The van der Waals surface area contributed by atoms with Crippen molar-refractivity contribution in [3.63, 3.8) is 0 Å². The fraction of sp³-hybridized carbons (Fsp3) is 0.308. The molecule has 0 fully saturated rings. The first-order valence-electron chi connectivity index (χ1n) is 11.1. The van der Waals surface area contributed by atoms with Gasteiger partial charge in [0.15, 0.2) is 11.4 Å². The molecule has 2 aromatic heterocycles. The van der Waals surface area contributed by atoms with Crippen LogP contribution < -0.4 is 5.56 Å². The molecule has 5 rings (SSSR count). The molecule has 2 aliphatic heterocycles. The highest BCUT2D eigenvalue weighted by Crippen LogP contribution is 2.40. The molecule has 1 aromatic carbocycles. The summed E-state index contributed by atoms with van der Waals surface area (Å²) >= 11 is 0. The topological polar surface area (TPSA) is 98.5 Å². The lowest BCUT2D eigenvalue weighted by molar-refractivity contribution is -0.172. The number of aryl methyl sites for hydroxylation is 1. The Morgan fingerprint density at radius 2 is 2.06 bits per heavy atom. The van der Waals surface area contributed by atoms with E-state index in [4.69, 9.17) is 9.72 Å². The van der Waals surface area contributed by atoms with Crippen molar-refractivity contribution in [1.29, 1.82) is 0 Å². The van der Waals surface area contributed by atoms with E-state index in [1.54, 1.807) is 23.6 Å². The summed E-state index contributed by atoms with van der Waals surface area (Å²) in [4.78, 5) is 42.2. The van der Waals surface area contributed by atoms with Crippen molar-refractivity contribution in [1.82, 2.24) is 9.55 Å². The Morgan fingerprint density at radius 3 is 2.76 bits per heavy atom. The molecule has 168 valence electrons. The molecular formula is C26H24N2O5. The number of allylic oxidation sites excluding steroid dienone is 1. The molecule has 7 nitrogen and oxygen atoms in total. The average Bonchev–Trinajstić information content (AvgIpc) is 3.17. The van der Waals surface area contributed by atoms with Gasteiger partial charge in [0, 0.05) is 16.5 Å². The van der Waals surface area contributed by atoms with Gasteiger partial charge in [-0.25, -0.2) is 9.78 Å². The van der Waals surface area contributed by atoms with Crippen molar-refractivity contribution in [3.05, 3.63) is 68.5 Å². The summed E-state index contributed by atoms with van der Waals surface area (Å²) in [5.41, 5.74) is 3.45. The number of cyclic esters (lactones) is 1. The molecule has 0 spiro atoms. The number of benzene rings is 1. The Bertz CT molecular complexity index is 1450. The number of ketones is 1. The van der Waals surface area contributed by atoms with Gasteiger partial charge >= 0.3 is 5.97 Å². The normalized spacial score (nSPS) is 18.8. The van der Waals surface area contributed by atoms with Crippen molar-refractivity contribution in [2.75, 3.05) is 0 Å². The highest BCUT2D eigenvalue weighted by molar-refractivity contribution is 5.98. The van der Waals surface area contributed by atoms with Gasteiger partial charge in [-0.3, -0.25) is 9.59 Å². The molecule has 0 radical (unpaired) electrons. The molecule has 0 amide bonds. The molecule has 3 aromatic rings. The van der Waals surface area contributed by atoms with Crippen LogP contribution in [-0.2, 0) is 39.5 Å². The maximum atomic E-state index is 13.4. The van der Waals surface area contributed by atoms with Crippen LogP contribution in [0.3, 0.4) is 0 Å². The van der Waals surface area contributed by atoms with E-state index in [0.29, 0.717) is 29.1 Å². The minimum atomic E-state index is -1.85. The summed E-state index contributed by atoms with van der Waals surface area (Å²) in [5, 5.41) is 12.0. The lowest BCUT2D eigenvalue weighted by atomic mass is 9.86. The van der Waals surface area contributed by atoms with Gasteiger partial charge < -0.3 is 14.4 Å². The van der Waals surface area contributed by atoms with Crippen LogP contribution in [0.1, 0.15) is 55.0 Å². The van der Waals surface area contributed by atoms with Crippen LogP contribution in [0.2, 0.25) is 0 Å². The molecule has 2 aliphatic rings. The van der Waals surface area contributed by atoms with Gasteiger partial charge in [-0.2, -0.15) is 0 Å². The number of esters is 1. The number of aliphatic hydroxyl groups is 1. The van der Waals surface area contributed by atoms with Crippen LogP contribution in [-0.4, -0.2) is 26.4 Å². The summed E-state index contributed by atoms with van der Waals surface area (Å²) in [6, 6.07) is 7.48. The molecule has 0 saturated carbocycles. The van der Waals surface area contributed by atoms with E-state index in [0.717, 1.165) is 34.0 Å². The number of ether oxygens (including phenoxy) is 1. The van der Waals surface area contributed by atoms with Gasteiger partial charge in [0.05, 0.1) is 29.0 Å². The third kappa shape index (κ3) is 2.99. The van der Waals surface area contributed by atoms with Crippen molar-refractivity contribution in [2.24, 2.45) is 0 Å². The molecular weight excluding hydrogens is 420 g/mol. The number of pyridine rings is 2. The van der Waals surface area contributed by atoms with Gasteiger partial charge in [-0.05, 0) is 49.1 Å². The molecule has 0 bridgehead atoms. The predicted octanol–water partition coefficient (Wildman–Crippen LogP) is 3.24. The lowest BCUT2D eigenvalue weighted by Gasteiger charge is -2.31. The van der Waals surface area contributed by atoms with E-state index in [1.807, 2.05) is 18.2 Å². The van der Waals surface area contributed by atoms with Crippen LogP contribution in [0.4, 0.5) is 0 Å². The van der Waals surface area contributed by atoms with E-state index >= 15 is 0 Å². The monoisotopic (exact) mass is 444 g/mol. The quantitative estimate of drug-likeness (QED) is 0.383. The number of hydrogen-bond donors (Lipinski definition) is 1. The Kier molecular flexibility index (Phi) is 4.83. The van der Waals surface area contributed by atoms with E-state index in [1.165, 1.54) is 13.0 Å². The maximum absolute atomic E-state index is 13.4. The van der Waals surface area contributed by atoms with E-state index in [-0.39, 0.29) is 24.4 Å². The minimum Gasteiger partial charge on any atom is -0.458 e. The smallest absolute Gasteiger partial charge is 0.343 e. The summed E-state index contributed by atoms with van der Waals surface area (Å²) in [7, 11) is 0. The average molecular weight is 444 g/mol. The van der Waals surface area contributed by atoms with Crippen molar-refractivity contribution in [3.8, 4) is 11.4 Å². The maximum Gasteiger partial charge on any atom is 0.343 e. The van der Waals surface area contributed by atoms with Crippen LogP contribution in [0.15, 0.2) is 35.1 Å². The Balaban J connectivity index is 1.80. The van der Waals surface area contributed by atoms with Gasteiger partial charge in [0.2, 0.25) is 0 Å². The summed E-state index contributed by atoms with van der Waals surface area (Å²) < 4.78 is 6.79. The third-order valence-corrected chi connectivity index (χ3v) is 6.71. The third-order valence-electron chi connectivity index (χ3n) is 6.71. The van der Waals surface area contributed by atoms with Gasteiger partial charge in [0.25, 0.3) is 5.56 Å². The number of fused-ring (bicyclic) bond motifs is 5. The number of hydrogen-bond acceptors (Lipinski definition) is 6. The number of aromatic nitrogens is 2. The number of rotatable bonds is 4. The molecule has 0 saturated heterocycles. The van der Waals surface area contributed by atoms with Crippen LogP contribution in [0.5, 0.6) is 0 Å². The first kappa shape index (κ1) is 21.3. The van der Waals surface area contributed by atoms with E-state index in [9.17, 15) is 19.5 Å². The fourth-order valence-electron chi connectivity index (χ4n) is 4.99. The second-order valence-electron chi connectivity index (χ2n) is 8.56. The van der Waals surface area contributed by atoms with Crippen LogP contribution >= 0.6 is 0 Å². The first-order valence-corrected chi connectivity index (χ1v) is 11.1. The highest BCUT2D eigenvalue weighted by Gasteiger charge is 2.45. The number of carbonyl (C=O) groups excluding carboxylic acids is 2. The second kappa shape index (κ2) is 7.49. The zero-order valence-electron chi connectivity index (χ0n) is 18.8. The number of carbonyl (C=O) groups is 2. The Labute approximate surface area is 190 Å². The summed E-state index contributed by atoms with van der Waals surface area (Å²) in [6.45, 7) is 5.45. The van der Waals surface area contributed by atoms with Gasteiger partial charge in [0.1, 0.15) is 6.61 Å². The van der Waals surface area contributed by atoms with E-state index < -0.39 is 11.6 Å². The Hall–Kier alpha value is -3.58. The van der Waals surface area contributed by atoms with Gasteiger partial charge in [-0.1, -0.05) is 32.1 Å². The summed E-state index contributed by atoms with van der Waals surface area (Å²) in [5.74, 6) is -0.772. The highest BCUT2D eigenvalue weighted by atomic mass is 16.6. The van der Waals surface area contributed by atoms with Crippen molar-refractivity contribution >= 4 is 28.7 Å². The predicted molar refractivity (Wildman–Crippen MR) is 124 cm³/mol. The molecule has 33 heavy (non-hydrogen) atoms. The molecule has 1 atom stereocenters. The molecule has 1 N–H and O–H groups in total. The number of nitrogens with zero attached hydrogens (tertiary/aromatic N) is 2. The van der Waals surface area contributed by atoms with Crippen molar-refractivity contribution < 1.29 is 19.4 Å². The van der Waals surface area contributed by atoms with Gasteiger partial charge in [-0.15, -0.1) is 0 Å². The van der Waals surface area contributed by atoms with E-state index in [2.05, 4.69) is 6.92 Å². The van der Waals surface area contributed by atoms with Crippen molar-refractivity contribution in [2.45, 2.75) is 52.4 Å². The molecule has 0 unspecified atom stereocenters. The molecule has 7 heteroatoms. The zero-order chi connectivity index (χ0) is 23.5.